The molecule has 4 rings (SSSR count). The second-order valence-corrected chi connectivity index (χ2v) is 5.38. The lowest BCUT2D eigenvalue weighted by atomic mass is 10.0. The third-order valence-corrected chi connectivity index (χ3v) is 3.84. The van der Waals surface area contributed by atoms with E-state index < -0.39 is 0 Å². The van der Waals surface area contributed by atoms with Gasteiger partial charge in [-0.25, -0.2) is 9.97 Å². The smallest absolute Gasteiger partial charge is 0.137 e. The summed E-state index contributed by atoms with van der Waals surface area (Å²) in [7, 11) is 0. The van der Waals surface area contributed by atoms with Gasteiger partial charge in [0, 0.05) is 24.4 Å². The predicted octanol–water partition coefficient (Wildman–Crippen LogP) is 4.06. The highest BCUT2D eigenvalue weighted by molar-refractivity contribution is 5.61. The number of H-pyrrole nitrogens is 2. The van der Waals surface area contributed by atoms with Crippen LogP contribution in [0.2, 0.25) is 0 Å². The van der Waals surface area contributed by atoms with Crippen molar-refractivity contribution in [3.63, 3.8) is 0 Å². The molecule has 0 amide bonds. The van der Waals surface area contributed by atoms with Gasteiger partial charge in [-0.3, -0.25) is 0 Å². The maximum absolute atomic E-state index is 4.52. The van der Waals surface area contributed by atoms with E-state index in [-0.39, 0.29) is 0 Å². The first kappa shape index (κ1) is 13.5. The van der Waals surface area contributed by atoms with Crippen molar-refractivity contribution < 1.29 is 0 Å². The zero-order chi connectivity index (χ0) is 15.5. The number of hydrogen-bond acceptors (Lipinski definition) is 2. The van der Waals surface area contributed by atoms with Crippen LogP contribution in [0.1, 0.15) is 11.4 Å². The third kappa shape index (κ3) is 2.79. The maximum atomic E-state index is 4.52. The van der Waals surface area contributed by atoms with Gasteiger partial charge in [0.15, 0.2) is 0 Å². The molecule has 0 unspecified atom stereocenters. The summed E-state index contributed by atoms with van der Waals surface area (Å²) in [4.78, 5) is 15.5. The van der Waals surface area contributed by atoms with Gasteiger partial charge in [0.25, 0.3) is 0 Å². The molecule has 0 radical (unpaired) electrons. The van der Waals surface area contributed by atoms with Gasteiger partial charge in [0.2, 0.25) is 0 Å². The van der Waals surface area contributed by atoms with Crippen molar-refractivity contribution in [2.75, 3.05) is 0 Å². The number of hydrogen-bond donors (Lipinski definition) is 2. The Morgan fingerprint density at radius 3 is 2.52 bits per heavy atom. The van der Waals surface area contributed by atoms with Crippen molar-refractivity contribution in [1.82, 2.24) is 19.9 Å². The molecular weight excluding hydrogens is 284 g/mol. The van der Waals surface area contributed by atoms with Gasteiger partial charge >= 0.3 is 0 Å². The van der Waals surface area contributed by atoms with E-state index in [2.05, 4.69) is 44.2 Å². The SMILES string of the molecule is c1ccc(-c2cnc(Cc3ccccc3-c3ncc[nH]3)[nH]2)cc1. The van der Waals surface area contributed by atoms with E-state index in [1.54, 1.807) is 6.20 Å². The van der Waals surface area contributed by atoms with Crippen LogP contribution in [0.15, 0.2) is 73.2 Å². The minimum absolute atomic E-state index is 0.740. The zero-order valence-corrected chi connectivity index (χ0v) is 12.5. The van der Waals surface area contributed by atoms with Gasteiger partial charge in [0.1, 0.15) is 11.6 Å². The fraction of sp³-hybridized carbons (Fsp3) is 0.0526. The first-order chi connectivity index (χ1) is 11.4. The molecule has 2 N–H and O–H groups in total. The Morgan fingerprint density at radius 1 is 0.870 bits per heavy atom. The summed E-state index contributed by atoms with van der Waals surface area (Å²) in [6, 6.07) is 18.5. The topological polar surface area (TPSA) is 57.4 Å². The number of aromatic amines is 2. The molecule has 0 spiro atoms. The molecule has 0 saturated carbocycles. The molecule has 2 aromatic heterocycles. The highest BCUT2D eigenvalue weighted by Crippen LogP contribution is 2.23. The second-order valence-electron chi connectivity index (χ2n) is 5.38. The second kappa shape index (κ2) is 5.93. The van der Waals surface area contributed by atoms with Crippen molar-refractivity contribution in [3.05, 3.63) is 84.6 Å². The summed E-state index contributed by atoms with van der Waals surface area (Å²) >= 11 is 0. The van der Waals surface area contributed by atoms with Crippen LogP contribution in [0, 0.1) is 0 Å². The summed E-state index contributed by atoms with van der Waals surface area (Å²) in [5.41, 5.74) is 4.48. The Balaban J connectivity index is 1.64. The number of rotatable bonds is 4. The van der Waals surface area contributed by atoms with Crippen molar-refractivity contribution in [2.24, 2.45) is 0 Å². The van der Waals surface area contributed by atoms with E-state index in [1.165, 1.54) is 5.56 Å². The largest absolute Gasteiger partial charge is 0.345 e. The molecule has 4 nitrogen and oxygen atoms in total. The van der Waals surface area contributed by atoms with Gasteiger partial charge in [-0.15, -0.1) is 0 Å². The molecule has 0 saturated heterocycles. The Kier molecular flexibility index (Phi) is 3.48. The lowest BCUT2D eigenvalue weighted by Crippen LogP contribution is -1.95. The van der Waals surface area contributed by atoms with Crippen LogP contribution in [-0.2, 0) is 6.42 Å². The average Bonchev–Trinajstić information content (AvgIpc) is 3.28. The van der Waals surface area contributed by atoms with Gasteiger partial charge in [-0.05, 0) is 11.1 Å². The molecule has 4 heteroatoms. The molecule has 0 aliphatic rings. The standard InChI is InChI=1S/C19H16N4/c1-2-6-14(7-3-1)17-13-22-18(23-17)12-15-8-4-5-9-16(15)19-20-10-11-21-19/h1-11,13H,12H2,(H,20,21)(H,22,23). The molecule has 0 atom stereocenters. The molecule has 23 heavy (non-hydrogen) atoms. The Labute approximate surface area is 134 Å². The monoisotopic (exact) mass is 300 g/mol. The fourth-order valence-electron chi connectivity index (χ4n) is 2.72. The molecule has 4 aromatic rings. The minimum atomic E-state index is 0.740. The Bertz CT molecular complexity index is 892. The Morgan fingerprint density at radius 2 is 1.70 bits per heavy atom. The fourth-order valence-corrected chi connectivity index (χ4v) is 2.72. The predicted molar refractivity (Wildman–Crippen MR) is 90.9 cm³/mol. The van der Waals surface area contributed by atoms with E-state index in [0.717, 1.165) is 34.9 Å². The van der Waals surface area contributed by atoms with Gasteiger partial charge in [-0.2, -0.15) is 0 Å². The molecule has 2 heterocycles. The number of imidazole rings is 2. The molecule has 0 aliphatic heterocycles. The quantitative estimate of drug-likeness (QED) is 0.597. The summed E-state index contributed by atoms with van der Waals surface area (Å²) in [6.45, 7) is 0. The van der Waals surface area contributed by atoms with Crippen molar-refractivity contribution in [1.29, 1.82) is 0 Å². The lowest BCUT2D eigenvalue weighted by Gasteiger charge is -2.05. The van der Waals surface area contributed by atoms with Gasteiger partial charge in [-0.1, -0.05) is 54.6 Å². The summed E-state index contributed by atoms with van der Waals surface area (Å²) < 4.78 is 0. The van der Waals surface area contributed by atoms with Crippen molar-refractivity contribution in [3.8, 4) is 22.6 Å². The van der Waals surface area contributed by atoms with Crippen molar-refractivity contribution >= 4 is 0 Å². The van der Waals surface area contributed by atoms with E-state index in [9.17, 15) is 0 Å². The van der Waals surface area contributed by atoms with E-state index >= 15 is 0 Å². The summed E-state index contributed by atoms with van der Waals surface area (Å²) in [5, 5.41) is 0. The van der Waals surface area contributed by atoms with E-state index in [4.69, 9.17) is 0 Å². The lowest BCUT2D eigenvalue weighted by molar-refractivity contribution is 1.03. The van der Waals surface area contributed by atoms with Crippen LogP contribution >= 0.6 is 0 Å². The highest BCUT2D eigenvalue weighted by Gasteiger charge is 2.09. The van der Waals surface area contributed by atoms with E-state index in [1.807, 2.05) is 42.7 Å². The van der Waals surface area contributed by atoms with Crippen LogP contribution in [0.5, 0.6) is 0 Å². The van der Waals surface area contributed by atoms with E-state index in [0.29, 0.717) is 0 Å². The van der Waals surface area contributed by atoms with Crippen molar-refractivity contribution in [2.45, 2.75) is 6.42 Å². The van der Waals surface area contributed by atoms with Crippen LogP contribution in [0.25, 0.3) is 22.6 Å². The third-order valence-electron chi connectivity index (χ3n) is 3.84. The number of nitrogens with one attached hydrogen (secondary N) is 2. The minimum Gasteiger partial charge on any atom is -0.345 e. The molecule has 0 aliphatic carbocycles. The number of nitrogens with zero attached hydrogens (tertiary/aromatic N) is 2. The highest BCUT2D eigenvalue weighted by atomic mass is 14.9. The molecule has 0 fully saturated rings. The number of benzene rings is 2. The van der Waals surface area contributed by atoms with Crippen LogP contribution in [0.4, 0.5) is 0 Å². The van der Waals surface area contributed by atoms with Crippen LogP contribution in [0.3, 0.4) is 0 Å². The Hall–Kier alpha value is -3.14. The summed E-state index contributed by atoms with van der Waals surface area (Å²) in [6.07, 6.45) is 6.24. The average molecular weight is 300 g/mol. The summed E-state index contributed by atoms with van der Waals surface area (Å²) in [5.74, 6) is 1.83. The molecule has 0 bridgehead atoms. The van der Waals surface area contributed by atoms with Crippen LogP contribution in [-0.4, -0.2) is 19.9 Å². The molecule has 112 valence electrons. The molecule has 2 aromatic carbocycles. The molecular formula is C19H16N4. The first-order valence-electron chi connectivity index (χ1n) is 7.57. The number of aromatic nitrogens is 4. The van der Waals surface area contributed by atoms with Crippen LogP contribution < -0.4 is 0 Å². The normalized spacial score (nSPS) is 10.8. The zero-order valence-electron chi connectivity index (χ0n) is 12.5. The van der Waals surface area contributed by atoms with Gasteiger partial charge < -0.3 is 9.97 Å². The van der Waals surface area contributed by atoms with Gasteiger partial charge in [0.05, 0.1) is 11.9 Å². The first-order valence-corrected chi connectivity index (χ1v) is 7.57. The maximum Gasteiger partial charge on any atom is 0.137 e.